The Bertz CT molecular complexity index is 522. The van der Waals surface area contributed by atoms with E-state index in [1.165, 1.54) is 0 Å². The zero-order chi connectivity index (χ0) is 16.2. The molecule has 0 bridgehead atoms. The standard InChI is InChI=1S/C18H26N2O3/c1-22-11-10-19-12-15-16(13-19)20(9-8-17(15)23-2)18(21)14-6-4-3-5-7-14/h3-7,15-17H,8-13H2,1-2H3/t15-,16+,17-/m0/s1. The van der Waals surface area contributed by atoms with Crippen LogP contribution in [-0.2, 0) is 9.47 Å². The first kappa shape index (κ1) is 16.4. The number of hydrogen-bond acceptors (Lipinski definition) is 4. The van der Waals surface area contributed by atoms with Crippen LogP contribution in [-0.4, -0.2) is 74.9 Å². The molecule has 1 amide bonds. The van der Waals surface area contributed by atoms with Crippen LogP contribution in [0.25, 0.3) is 0 Å². The molecule has 2 aliphatic heterocycles. The molecule has 1 aromatic rings. The van der Waals surface area contributed by atoms with Crippen molar-refractivity contribution in [3.05, 3.63) is 35.9 Å². The molecule has 0 unspecified atom stereocenters. The minimum absolute atomic E-state index is 0.142. The first-order valence-corrected chi connectivity index (χ1v) is 8.34. The van der Waals surface area contributed by atoms with E-state index in [0.717, 1.165) is 44.8 Å². The number of fused-ring (bicyclic) bond motifs is 1. The van der Waals surface area contributed by atoms with Crippen molar-refractivity contribution in [3.8, 4) is 0 Å². The first-order valence-electron chi connectivity index (χ1n) is 8.34. The Labute approximate surface area is 138 Å². The predicted octanol–water partition coefficient (Wildman–Crippen LogP) is 1.49. The molecule has 0 saturated carbocycles. The monoisotopic (exact) mass is 318 g/mol. The largest absolute Gasteiger partial charge is 0.383 e. The number of ether oxygens (including phenoxy) is 2. The molecule has 0 radical (unpaired) electrons. The Morgan fingerprint density at radius 1 is 1.22 bits per heavy atom. The van der Waals surface area contributed by atoms with Crippen molar-refractivity contribution < 1.29 is 14.3 Å². The Morgan fingerprint density at radius 2 is 2.00 bits per heavy atom. The van der Waals surface area contributed by atoms with Crippen LogP contribution in [0.15, 0.2) is 30.3 Å². The Balaban J connectivity index is 1.76. The van der Waals surface area contributed by atoms with Gasteiger partial charge in [0.15, 0.2) is 0 Å². The fraction of sp³-hybridized carbons (Fsp3) is 0.611. The number of benzene rings is 1. The third kappa shape index (κ3) is 3.42. The van der Waals surface area contributed by atoms with Gasteiger partial charge in [0.1, 0.15) is 0 Å². The summed E-state index contributed by atoms with van der Waals surface area (Å²) in [7, 11) is 3.51. The molecule has 5 heteroatoms. The summed E-state index contributed by atoms with van der Waals surface area (Å²) in [5.74, 6) is 0.530. The number of carbonyl (C=O) groups excluding carboxylic acids is 1. The Kier molecular flexibility index (Phi) is 5.30. The van der Waals surface area contributed by atoms with E-state index in [1.54, 1.807) is 14.2 Å². The summed E-state index contributed by atoms with van der Waals surface area (Å²) in [6.45, 7) is 4.29. The molecule has 0 N–H and O–H groups in total. The predicted molar refractivity (Wildman–Crippen MR) is 88.5 cm³/mol. The van der Waals surface area contributed by atoms with Crippen molar-refractivity contribution in [3.63, 3.8) is 0 Å². The number of rotatable bonds is 5. The molecule has 5 nitrogen and oxygen atoms in total. The maximum Gasteiger partial charge on any atom is 0.254 e. The highest BCUT2D eigenvalue weighted by Crippen LogP contribution is 2.33. The second-order valence-electron chi connectivity index (χ2n) is 6.41. The molecule has 2 aliphatic rings. The minimum Gasteiger partial charge on any atom is -0.383 e. The lowest BCUT2D eigenvalue weighted by atomic mass is 9.88. The lowest BCUT2D eigenvalue weighted by molar-refractivity contribution is -0.0157. The lowest BCUT2D eigenvalue weighted by Gasteiger charge is -2.41. The smallest absolute Gasteiger partial charge is 0.254 e. The summed E-state index contributed by atoms with van der Waals surface area (Å²) in [5.41, 5.74) is 0.775. The molecule has 2 saturated heterocycles. The second kappa shape index (κ2) is 7.43. The normalized spacial score (nSPS) is 27.9. The van der Waals surface area contributed by atoms with Crippen LogP contribution in [0.1, 0.15) is 16.8 Å². The van der Waals surface area contributed by atoms with E-state index < -0.39 is 0 Å². The van der Waals surface area contributed by atoms with Gasteiger partial charge in [0.05, 0.1) is 18.8 Å². The van der Waals surface area contributed by atoms with Gasteiger partial charge in [0.25, 0.3) is 5.91 Å². The van der Waals surface area contributed by atoms with Gasteiger partial charge in [-0.05, 0) is 18.6 Å². The van der Waals surface area contributed by atoms with E-state index in [0.29, 0.717) is 5.92 Å². The maximum atomic E-state index is 12.9. The number of carbonyl (C=O) groups is 1. The minimum atomic E-state index is 0.142. The van der Waals surface area contributed by atoms with Crippen molar-refractivity contribution in [1.82, 2.24) is 9.80 Å². The van der Waals surface area contributed by atoms with Gasteiger partial charge in [-0.3, -0.25) is 9.69 Å². The van der Waals surface area contributed by atoms with Gasteiger partial charge >= 0.3 is 0 Å². The van der Waals surface area contributed by atoms with E-state index in [-0.39, 0.29) is 18.1 Å². The van der Waals surface area contributed by atoms with Crippen LogP contribution < -0.4 is 0 Å². The topological polar surface area (TPSA) is 42.0 Å². The summed E-state index contributed by atoms with van der Waals surface area (Å²) in [5, 5.41) is 0. The number of hydrogen-bond donors (Lipinski definition) is 0. The molecule has 126 valence electrons. The fourth-order valence-electron chi connectivity index (χ4n) is 3.93. The summed E-state index contributed by atoms with van der Waals surface area (Å²) in [6.07, 6.45) is 1.15. The van der Waals surface area contributed by atoms with Gasteiger partial charge in [-0.1, -0.05) is 18.2 Å². The van der Waals surface area contributed by atoms with Crippen molar-refractivity contribution in [2.24, 2.45) is 5.92 Å². The molecular weight excluding hydrogens is 292 g/mol. The Morgan fingerprint density at radius 3 is 2.70 bits per heavy atom. The van der Waals surface area contributed by atoms with Crippen LogP contribution in [0.5, 0.6) is 0 Å². The molecule has 0 spiro atoms. The molecular formula is C18H26N2O3. The van der Waals surface area contributed by atoms with E-state index in [1.807, 2.05) is 30.3 Å². The van der Waals surface area contributed by atoms with Crippen molar-refractivity contribution in [2.75, 3.05) is 47.0 Å². The van der Waals surface area contributed by atoms with Gasteiger partial charge < -0.3 is 14.4 Å². The maximum absolute atomic E-state index is 12.9. The molecule has 2 fully saturated rings. The molecule has 0 aliphatic carbocycles. The molecule has 23 heavy (non-hydrogen) atoms. The van der Waals surface area contributed by atoms with Crippen LogP contribution in [0.3, 0.4) is 0 Å². The quantitative estimate of drug-likeness (QED) is 0.825. The van der Waals surface area contributed by atoms with E-state index >= 15 is 0 Å². The van der Waals surface area contributed by atoms with E-state index in [2.05, 4.69) is 9.80 Å². The number of piperidine rings is 1. The number of amides is 1. The Hall–Kier alpha value is -1.43. The van der Waals surface area contributed by atoms with Crippen molar-refractivity contribution in [2.45, 2.75) is 18.6 Å². The molecule has 3 atom stereocenters. The van der Waals surface area contributed by atoms with Gasteiger partial charge in [-0.15, -0.1) is 0 Å². The highest BCUT2D eigenvalue weighted by molar-refractivity contribution is 5.94. The van der Waals surface area contributed by atoms with Crippen LogP contribution >= 0.6 is 0 Å². The third-order valence-corrected chi connectivity index (χ3v) is 5.14. The SMILES string of the molecule is COCCN1C[C@@H]2[C@@H](OC)CCN(C(=O)c3ccccc3)[C@@H]2C1. The van der Waals surface area contributed by atoms with E-state index in [4.69, 9.17) is 9.47 Å². The van der Waals surface area contributed by atoms with Crippen LogP contribution in [0.4, 0.5) is 0 Å². The highest BCUT2D eigenvalue weighted by atomic mass is 16.5. The van der Waals surface area contributed by atoms with Crippen LogP contribution in [0.2, 0.25) is 0 Å². The van der Waals surface area contributed by atoms with Crippen molar-refractivity contribution >= 4 is 5.91 Å². The second-order valence-corrected chi connectivity index (χ2v) is 6.41. The van der Waals surface area contributed by atoms with Gasteiger partial charge in [0, 0.05) is 51.9 Å². The number of likely N-dealkylation sites (tertiary alicyclic amines) is 2. The summed E-state index contributed by atoms with van der Waals surface area (Å²) in [4.78, 5) is 17.3. The molecule has 1 aromatic carbocycles. The van der Waals surface area contributed by atoms with Gasteiger partial charge in [-0.25, -0.2) is 0 Å². The van der Waals surface area contributed by atoms with E-state index in [9.17, 15) is 4.79 Å². The first-order chi connectivity index (χ1) is 11.2. The van der Waals surface area contributed by atoms with Crippen molar-refractivity contribution in [1.29, 1.82) is 0 Å². The average molecular weight is 318 g/mol. The molecule has 3 rings (SSSR count). The highest BCUT2D eigenvalue weighted by Gasteiger charge is 2.45. The third-order valence-electron chi connectivity index (χ3n) is 5.14. The number of methoxy groups -OCH3 is 2. The average Bonchev–Trinajstić information content (AvgIpc) is 3.03. The molecule has 0 aromatic heterocycles. The lowest BCUT2D eigenvalue weighted by Crippen LogP contribution is -2.53. The summed E-state index contributed by atoms with van der Waals surface area (Å²) in [6, 6.07) is 9.82. The van der Waals surface area contributed by atoms with Gasteiger partial charge in [0.2, 0.25) is 0 Å². The fourth-order valence-corrected chi connectivity index (χ4v) is 3.93. The van der Waals surface area contributed by atoms with Gasteiger partial charge in [-0.2, -0.15) is 0 Å². The zero-order valence-corrected chi connectivity index (χ0v) is 14.0. The zero-order valence-electron chi connectivity index (χ0n) is 14.0. The molecule has 2 heterocycles. The summed E-state index contributed by atoms with van der Waals surface area (Å²) >= 11 is 0. The number of nitrogens with zero attached hydrogens (tertiary/aromatic N) is 2. The van der Waals surface area contributed by atoms with Crippen LogP contribution in [0, 0.1) is 5.92 Å². The summed E-state index contributed by atoms with van der Waals surface area (Å²) < 4.78 is 10.9.